The average molecular weight is 247 g/mol. The third-order valence-electron chi connectivity index (χ3n) is 2.43. The first kappa shape index (κ1) is 12.5. The molecule has 0 atom stereocenters. The molecule has 2 aromatic rings. The van der Waals surface area contributed by atoms with Crippen LogP contribution in [0.4, 0.5) is 6.01 Å². The summed E-state index contributed by atoms with van der Waals surface area (Å²) in [7, 11) is 0. The van der Waals surface area contributed by atoms with Gasteiger partial charge in [-0.3, -0.25) is 4.98 Å². The van der Waals surface area contributed by atoms with Crippen molar-refractivity contribution in [1.82, 2.24) is 20.5 Å². The van der Waals surface area contributed by atoms with Crippen LogP contribution < -0.4 is 10.6 Å². The summed E-state index contributed by atoms with van der Waals surface area (Å²) < 4.78 is 5.42. The molecule has 0 radical (unpaired) electrons. The Labute approximate surface area is 106 Å². The average Bonchev–Trinajstić information content (AvgIpc) is 2.85. The van der Waals surface area contributed by atoms with E-state index in [1.54, 1.807) is 12.4 Å². The van der Waals surface area contributed by atoms with Crippen molar-refractivity contribution in [2.45, 2.75) is 19.9 Å². The number of hydrogen-bond acceptors (Lipinski definition) is 6. The summed E-state index contributed by atoms with van der Waals surface area (Å²) in [6.07, 6.45) is 4.47. The van der Waals surface area contributed by atoms with Crippen molar-refractivity contribution in [3.63, 3.8) is 0 Å². The van der Waals surface area contributed by atoms with Crippen molar-refractivity contribution in [1.29, 1.82) is 0 Å². The van der Waals surface area contributed by atoms with E-state index in [0.29, 0.717) is 18.5 Å². The maximum absolute atomic E-state index is 5.42. The van der Waals surface area contributed by atoms with Gasteiger partial charge < -0.3 is 15.1 Å². The van der Waals surface area contributed by atoms with E-state index in [-0.39, 0.29) is 0 Å². The van der Waals surface area contributed by atoms with Crippen molar-refractivity contribution >= 4 is 6.01 Å². The monoisotopic (exact) mass is 247 g/mol. The van der Waals surface area contributed by atoms with Crippen LogP contribution in [0.5, 0.6) is 0 Å². The molecule has 96 valence electrons. The summed E-state index contributed by atoms with van der Waals surface area (Å²) in [5.74, 6) is 0.600. The number of aromatic nitrogens is 3. The molecule has 2 rings (SSSR count). The van der Waals surface area contributed by atoms with Crippen molar-refractivity contribution in [3.05, 3.63) is 36.0 Å². The van der Waals surface area contributed by atoms with E-state index >= 15 is 0 Å². The second kappa shape index (κ2) is 6.70. The van der Waals surface area contributed by atoms with Crippen molar-refractivity contribution in [2.75, 3.05) is 18.4 Å². The Kier molecular flexibility index (Phi) is 4.66. The normalized spacial score (nSPS) is 10.5. The number of anilines is 1. The van der Waals surface area contributed by atoms with E-state index in [1.165, 1.54) is 5.56 Å². The molecule has 0 aliphatic carbocycles. The topological polar surface area (TPSA) is 75.9 Å². The lowest BCUT2D eigenvalue weighted by Gasteiger charge is -2.01. The Morgan fingerprint density at radius 1 is 1.22 bits per heavy atom. The largest absolute Gasteiger partial charge is 0.407 e. The van der Waals surface area contributed by atoms with Crippen molar-refractivity contribution < 1.29 is 4.42 Å². The Balaban J connectivity index is 1.75. The Bertz CT molecular complexity index is 457. The fraction of sp³-hybridized carbons (Fsp3) is 0.417. The van der Waals surface area contributed by atoms with Crippen molar-refractivity contribution in [2.24, 2.45) is 0 Å². The van der Waals surface area contributed by atoms with E-state index in [4.69, 9.17) is 4.42 Å². The lowest BCUT2D eigenvalue weighted by atomic mass is 10.2. The second-order valence-electron chi connectivity index (χ2n) is 3.81. The van der Waals surface area contributed by atoms with Crippen LogP contribution in [0.2, 0.25) is 0 Å². The zero-order valence-corrected chi connectivity index (χ0v) is 10.4. The number of rotatable bonds is 7. The predicted octanol–water partition coefficient (Wildman–Crippen LogP) is 1.23. The van der Waals surface area contributed by atoms with Gasteiger partial charge in [0.15, 0.2) is 0 Å². The number of pyridine rings is 1. The summed E-state index contributed by atoms with van der Waals surface area (Å²) in [4.78, 5) is 3.98. The van der Waals surface area contributed by atoms with Gasteiger partial charge in [0.25, 0.3) is 0 Å². The molecule has 0 fully saturated rings. The maximum Gasteiger partial charge on any atom is 0.315 e. The highest BCUT2D eigenvalue weighted by Crippen LogP contribution is 2.05. The van der Waals surface area contributed by atoms with Crippen LogP contribution in [0.15, 0.2) is 28.9 Å². The van der Waals surface area contributed by atoms with E-state index in [2.05, 4.69) is 25.8 Å². The molecule has 6 nitrogen and oxygen atoms in total. The van der Waals surface area contributed by atoms with Crippen LogP contribution in [-0.4, -0.2) is 28.3 Å². The van der Waals surface area contributed by atoms with Gasteiger partial charge in [-0.1, -0.05) is 12.0 Å². The van der Waals surface area contributed by atoms with Gasteiger partial charge in [0.05, 0.1) is 6.54 Å². The quantitative estimate of drug-likeness (QED) is 0.766. The molecule has 0 saturated carbocycles. The van der Waals surface area contributed by atoms with Gasteiger partial charge in [-0.2, -0.15) is 0 Å². The Hall–Kier alpha value is -1.95. The van der Waals surface area contributed by atoms with Crippen LogP contribution in [0.1, 0.15) is 18.4 Å². The molecule has 0 saturated heterocycles. The third kappa shape index (κ3) is 3.81. The van der Waals surface area contributed by atoms with Gasteiger partial charge in [0.1, 0.15) is 0 Å². The summed E-state index contributed by atoms with van der Waals surface area (Å²) in [6.45, 7) is 4.28. The number of nitrogens with one attached hydrogen (secondary N) is 2. The molecule has 0 amide bonds. The second-order valence-corrected chi connectivity index (χ2v) is 3.81. The zero-order valence-electron chi connectivity index (χ0n) is 10.4. The maximum atomic E-state index is 5.42. The molecule has 6 heteroatoms. The van der Waals surface area contributed by atoms with Gasteiger partial charge in [0.2, 0.25) is 5.89 Å². The SMILES string of the molecule is CCNCc1nnc(NCCc2ccncc2)o1. The molecule has 0 bridgehead atoms. The minimum atomic E-state index is 0.469. The first-order valence-corrected chi connectivity index (χ1v) is 6.04. The predicted molar refractivity (Wildman–Crippen MR) is 68.1 cm³/mol. The molecule has 0 aliphatic heterocycles. The number of nitrogens with zero attached hydrogens (tertiary/aromatic N) is 3. The van der Waals surface area contributed by atoms with Crippen molar-refractivity contribution in [3.8, 4) is 0 Å². The molecule has 0 aliphatic rings. The molecule has 0 unspecified atom stereocenters. The Morgan fingerprint density at radius 3 is 2.83 bits per heavy atom. The molecule has 0 aromatic carbocycles. The van der Waals surface area contributed by atoms with Crippen LogP contribution >= 0.6 is 0 Å². The van der Waals surface area contributed by atoms with E-state index < -0.39 is 0 Å². The molecular weight excluding hydrogens is 230 g/mol. The molecule has 18 heavy (non-hydrogen) atoms. The van der Waals surface area contributed by atoms with Gasteiger partial charge in [-0.15, -0.1) is 5.10 Å². The highest BCUT2D eigenvalue weighted by atomic mass is 16.4. The zero-order chi connectivity index (χ0) is 12.6. The summed E-state index contributed by atoms with van der Waals surface area (Å²) in [5.41, 5.74) is 1.23. The van der Waals surface area contributed by atoms with Crippen LogP contribution in [0.3, 0.4) is 0 Å². The first-order valence-electron chi connectivity index (χ1n) is 6.04. The van der Waals surface area contributed by atoms with Crippen LogP contribution in [0.25, 0.3) is 0 Å². The van der Waals surface area contributed by atoms with Gasteiger partial charge in [-0.05, 0) is 30.7 Å². The Morgan fingerprint density at radius 2 is 2.06 bits per heavy atom. The molecule has 2 aromatic heterocycles. The van der Waals surface area contributed by atoms with E-state index in [0.717, 1.165) is 19.5 Å². The molecule has 2 N–H and O–H groups in total. The minimum absolute atomic E-state index is 0.469. The summed E-state index contributed by atoms with van der Waals surface area (Å²) in [5, 5.41) is 14.1. The fourth-order valence-electron chi connectivity index (χ4n) is 1.49. The fourth-order valence-corrected chi connectivity index (χ4v) is 1.49. The highest BCUT2D eigenvalue weighted by molar-refractivity contribution is 5.19. The van der Waals surface area contributed by atoms with E-state index in [9.17, 15) is 0 Å². The summed E-state index contributed by atoms with van der Waals surface area (Å²) in [6, 6.07) is 4.45. The molecular formula is C12H17N5O. The van der Waals surface area contributed by atoms with Gasteiger partial charge in [-0.25, -0.2) is 0 Å². The van der Waals surface area contributed by atoms with Crippen LogP contribution in [-0.2, 0) is 13.0 Å². The summed E-state index contributed by atoms with van der Waals surface area (Å²) >= 11 is 0. The highest BCUT2D eigenvalue weighted by Gasteiger charge is 2.04. The lowest BCUT2D eigenvalue weighted by Crippen LogP contribution is -2.11. The minimum Gasteiger partial charge on any atom is -0.407 e. The first-order chi connectivity index (χ1) is 8.88. The standard InChI is InChI=1S/C12H17N5O/c1-2-13-9-11-16-17-12(18-11)15-8-5-10-3-6-14-7-4-10/h3-4,6-7,13H,2,5,8-9H2,1H3,(H,15,17). The van der Waals surface area contributed by atoms with Gasteiger partial charge in [0, 0.05) is 18.9 Å². The molecule has 0 spiro atoms. The van der Waals surface area contributed by atoms with Crippen LogP contribution in [0, 0.1) is 0 Å². The lowest BCUT2D eigenvalue weighted by molar-refractivity contribution is 0.481. The third-order valence-corrected chi connectivity index (χ3v) is 2.43. The molecule has 2 heterocycles. The number of hydrogen-bond donors (Lipinski definition) is 2. The van der Waals surface area contributed by atoms with Gasteiger partial charge >= 0.3 is 6.01 Å². The van der Waals surface area contributed by atoms with E-state index in [1.807, 2.05) is 19.1 Å². The smallest absolute Gasteiger partial charge is 0.315 e.